The molecule has 1 saturated heterocycles. The summed E-state index contributed by atoms with van der Waals surface area (Å²) >= 11 is 6.21. The lowest BCUT2D eigenvalue weighted by Gasteiger charge is -2.34. The molecule has 7 heteroatoms. The average molecular weight is 408 g/mol. The molecule has 0 saturated carbocycles. The molecule has 5 nitrogen and oxygen atoms in total. The molecule has 2 aromatic rings. The van der Waals surface area contributed by atoms with Crippen molar-refractivity contribution in [2.75, 3.05) is 19.7 Å². The highest BCUT2D eigenvalue weighted by molar-refractivity contribution is 6.31. The van der Waals surface area contributed by atoms with Gasteiger partial charge in [-0.15, -0.1) is 0 Å². The highest BCUT2D eigenvalue weighted by Gasteiger charge is 2.28. The van der Waals surface area contributed by atoms with Crippen LogP contribution in [0.1, 0.15) is 31.2 Å². The number of halogens is 2. The average Bonchev–Trinajstić information content (AvgIpc) is 2.93. The number of para-hydroxylation sites is 1. The Morgan fingerprint density at radius 1 is 1.39 bits per heavy atom. The van der Waals surface area contributed by atoms with Crippen molar-refractivity contribution in [3.05, 3.63) is 46.5 Å². The summed E-state index contributed by atoms with van der Waals surface area (Å²) in [6.07, 6.45) is 1.90. The zero-order chi connectivity index (χ0) is 20.3. The van der Waals surface area contributed by atoms with Crippen molar-refractivity contribution in [1.82, 2.24) is 14.7 Å². The summed E-state index contributed by atoms with van der Waals surface area (Å²) in [6.45, 7) is 8.00. The molecule has 3 rings (SSSR count). The first-order valence-corrected chi connectivity index (χ1v) is 10.1. The summed E-state index contributed by atoms with van der Waals surface area (Å²) in [4.78, 5) is 14.8. The fourth-order valence-corrected chi connectivity index (χ4v) is 3.81. The third kappa shape index (κ3) is 4.66. The molecule has 1 aromatic heterocycles. The van der Waals surface area contributed by atoms with Crippen LogP contribution in [0.2, 0.25) is 5.02 Å². The van der Waals surface area contributed by atoms with Gasteiger partial charge in [-0.05, 0) is 38.8 Å². The predicted molar refractivity (Wildman–Crippen MR) is 107 cm³/mol. The van der Waals surface area contributed by atoms with E-state index in [4.69, 9.17) is 16.3 Å². The fourth-order valence-electron chi connectivity index (χ4n) is 3.67. The van der Waals surface area contributed by atoms with Crippen LogP contribution in [-0.2, 0) is 11.3 Å². The number of amides is 1. The number of ether oxygens (including phenoxy) is 1. The van der Waals surface area contributed by atoms with Gasteiger partial charge in [0.15, 0.2) is 11.6 Å². The van der Waals surface area contributed by atoms with Crippen LogP contribution >= 0.6 is 11.6 Å². The highest BCUT2D eigenvalue weighted by Crippen LogP contribution is 2.23. The van der Waals surface area contributed by atoms with Gasteiger partial charge in [0.2, 0.25) is 5.91 Å². The van der Waals surface area contributed by atoms with Crippen LogP contribution in [0.25, 0.3) is 0 Å². The molecular weight excluding hydrogens is 381 g/mol. The molecule has 0 aliphatic carbocycles. The van der Waals surface area contributed by atoms with Gasteiger partial charge in [0.1, 0.15) is 0 Å². The molecule has 1 fully saturated rings. The van der Waals surface area contributed by atoms with Crippen LogP contribution in [0.3, 0.4) is 0 Å². The van der Waals surface area contributed by atoms with Crippen LogP contribution in [0.5, 0.6) is 5.75 Å². The summed E-state index contributed by atoms with van der Waals surface area (Å²) < 4.78 is 21.2. The Bertz CT molecular complexity index is 839. The Balaban J connectivity index is 1.56. The van der Waals surface area contributed by atoms with E-state index in [2.05, 4.69) is 5.10 Å². The number of likely N-dealkylation sites (tertiary alicyclic amines) is 1. The molecular formula is C21H27ClFN3O2. The lowest BCUT2D eigenvalue weighted by atomic mass is 9.97. The molecule has 0 spiro atoms. The van der Waals surface area contributed by atoms with Gasteiger partial charge in [0.25, 0.3) is 0 Å². The molecule has 0 N–H and O–H groups in total. The van der Waals surface area contributed by atoms with E-state index < -0.39 is 0 Å². The minimum absolute atomic E-state index is 0.110. The molecule has 1 aromatic carbocycles. The van der Waals surface area contributed by atoms with Crippen LogP contribution < -0.4 is 4.74 Å². The summed E-state index contributed by atoms with van der Waals surface area (Å²) in [5.74, 6) is 0.0244. The number of piperidine rings is 1. The first-order valence-electron chi connectivity index (χ1n) is 9.72. The standard InChI is InChI=1S/C21H27ClFN3O2/c1-14(11-26-16(3)20(22)15(2)24-26)21(27)25-10-6-7-17(12-25)13-28-19-9-5-4-8-18(19)23/h4-5,8-9,14,17H,6-7,10-13H2,1-3H3/t14-,17-/m1/s1. The zero-order valence-electron chi connectivity index (χ0n) is 16.6. The first-order chi connectivity index (χ1) is 13.4. The second-order valence-corrected chi connectivity index (χ2v) is 7.98. The van der Waals surface area contributed by atoms with Gasteiger partial charge in [0, 0.05) is 19.0 Å². The number of hydrogen-bond acceptors (Lipinski definition) is 3. The van der Waals surface area contributed by atoms with Gasteiger partial charge >= 0.3 is 0 Å². The van der Waals surface area contributed by atoms with Gasteiger partial charge in [-0.1, -0.05) is 30.7 Å². The zero-order valence-corrected chi connectivity index (χ0v) is 17.4. The molecule has 2 atom stereocenters. The maximum atomic E-state index is 13.7. The Morgan fingerprint density at radius 3 is 2.82 bits per heavy atom. The SMILES string of the molecule is Cc1nn(C[C@@H](C)C(=O)N2CCC[C@@H](COc3ccccc3F)C2)c(C)c1Cl. The van der Waals surface area contributed by atoms with Crippen molar-refractivity contribution in [3.8, 4) is 5.75 Å². The second-order valence-electron chi connectivity index (χ2n) is 7.60. The summed E-state index contributed by atoms with van der Waals surface area (Å²) in [5, 5.41) is 5.08. The number of hydrogen-bond donors (Lipinski definition) is 0. The normalized spacial score (nSPS) is 18.2. The number of aryl methyl sites for hydroxylation is 1. The van der Waals surface area contributed by atoms with E-state index in [-0.39, 0.29) is 29.3 Å². The maximum absolute atomic E-state index is 13.7. The molecule has 1 aliphatic rings. The van der Waals surface area contributed by atoms with Gasteiger partial charge in [-0.25, -0.2) is 4.39 Å². The van der Waals surface area contributed by atoms with Gasteiger partial charge < -0.3 is 9.64 Å². The van der Waals surface area contributed by atoms with Gasteiger partial charge in [-0.2, -0.15) is 5.10 Å². The second kappa shape index (κ2) is 8.95. The van der Waals surface area contributed by atoms with Crippen molar-refractivity contribution < 1.29 is 13.9 Å². The van der Waals surface area contributed by atoms with Crippen molar-refractivity contribution in [3.63, 3.8) is 0 Å². The molecule has 1 amide bonds. The third-order valence-electron chi connectivity index (χ3n) is 5.30. The minimum atomic E-state index is -0.358. The Kier molecular flexibility index (Phi) is 6.60. The van der Waals surface area contributed by atoms with Crippen molar-refractivity contribution >= 4 is 17.5 Å². The molecule has 0 radical (unpaired) electrons. The van der Waals surface area contributed by atoms with E-state index in [9.17, 15) is 9.18 Å². The quantitative estimate of drug-likeness (QED) is 0.719. The monoisotopic (exact) mass is 407 g/mol. The summed E-state index contributed by atoms with van der Waals surface area (Å²) in [7, 11) is 0. The van der Waals surface area contributed by atoms with Crippen LogP contribution in [-0.4, -0.2) is 40.3 Å². The molecule has 152 valence electrons. The number of rotatable bonds is 6. The predicted octanol–water partition coefficient (Wildman–Crippen LogP) is 4.25. The highest BCUT2D eigenvalue weighted by atomic mass is 35.5. The molecule has 0 unspecified atom stereocenters. The first kappa shape index (κ1) is 20.6. The Morgan fingerprint density at radius 2 is 2.14 bits per heavy atom. The van der Waals surface area contributed by atoms with Gasteiger partial charge in [0.05, 0.1) is 35.5 Å². The molecule has 0 bridgehead atoms. The van der Waals surface area contributed by atoms with E-state index in [0.717, 1.165) is 30.8 Å². The van der Waals surface area contributed by atoms with E-state index in [0.29, 0.717) is 24.7 Å². The lowest BCUT2D eigenvalue weighted by Crippen LogP contribution is -2.44. The third-order valence-corrected chi connectivity index (χ3v) is 5.85. The number of carbonyl (C=O) groups excluding carboxylic acids is 1. The number of nitrogens with zero attached hydrogens (tertiary/aromatic N) is 3. The van der Waals surface area contributed by atoms with Crippen LogP contribution in [0.4, 0.5) is 4.39 Å². The molecule has 28 heavy (non-hydrogen) atoms. The van der Waals surface area contributed by atoms with E-state index >= 15 is 0 Å². The Hall–Kier alpha value is -2.08. The van der Waals surface area contributed by atoms with E-state index in [1.807, 2.05) is 30.4 Å². The number of carbonyl (C=O) groups is 1. The van der Waals surface area contributed by atoms with Gasteiger partial charge in [-0.3, -0.25) is 9.48 Å². The maximum Gasteiger partial charge on any atom is 0.227 e. The smallest absolute Gasteiger partial charge is 0.227 e. The topological polar surface area (TPSA) is 47.4 Å². The Labute approximate surface area is 170 Å². The van der Waals surface area contributed by atoms with Crippen molar-refractivity contribution in [2.45, 2.75) is 40.2 Å². The van der Waals surface area contributed by atoms with E-state index in [1.165, 1.54) is 6.07 Å². The van der Waals surface area contributed by atoms with Crippen LogP contribution in [0, 0.1) is 31.5 Å². The lowest BCUT2D eigenvalue weighted by molar-refractivity contribution is -0.137. The van der Waals surface area contributed by atoms with Crippen molar-refractivity contribution in [1.29, 1.82) is 0 Å². The van der Waals surface area contributed by atoms with Crippen molar-refractivity contribution in [2.24, 2.45) is 11.8 Å². The molecule has 1 aliphatic heterocycles. The minimum Gasteiger partial charge on any atom is -0.490 e. The largest absolute Gasteiger partial charge is 0.490 e. The summed E-state index contributed by atoms with van der Waals surface area (Å²) in [6, 6.07) is 6.41. The fraction of sp³-hybridized carbons (Fsp3) is 0.524. The van der Waals surface area contributed by atoms with E-state index in [1.54, 1.807) is 18.2 Å². The number of aromatic nitrogens is 2. The summed E-state index contributed by atoms with van der Waals surface area (Å²) in [5.41, 5.74) is 1.66. The molecule has 2 heterocycles. The number of benzene rings is 1. The van der Waals surface area contributed by atoms with Crippen LogP contribution in [0.15, 0.2) is 24.3 Å².